The van der Waals surface area contributed by atoms with Gasteiger partial charge in [0.1, 0.15) is 6.33 Å². The summed E-state index contributed by atoms with van der Waals surface area (Å²) in [4.78, 5) is 4.29. The molecule has 2 heterocycles. The van der Waals surface area contributed by atoms with E-state index >= 15 is 0 Å². The predicted molar refractivity (Wildman–Crippen MR) is 75.5 cm³/mol. The predicted octanol–water partition coefficient (Wildman–Crippen LogP) is 1.98. The topological polar surface area (TPSA) is 68.5 Å². The standard InChI is InChI=1S/C14H14N6/c1-11-6-7-12(8-15-11)9-16-13-4-2-3-5-14(13)20-10-17-18-19-20/h2-8,10,16H,9H2,1H3. The summed E-state index contributed by atoms with van der Waals surface area (Å²) in [6, 6.07) is 12.0. The van der Waals surface area contributed by atoms with E-state index in [4.69, 9.17) is 0 Å². The quantitative estimate of drug-likeness (QED) is 0.782. The Labute approximate surface area is 116 Å². The fourth-order valence-electron chi connectivity index (χ4n) is 1.89. The summed E-state index contributed by atoms with van der Waals surface area (Å²) in [5, 5.41) is 14.6. The van der Waals surface area contributed by atoms with Gasteiger partial charge in [0.05, 0.1) is 11.4 Å². The van der Waals surface area contributed by atoms with Crippen molar-refractivity contribution in [2.75, 3.05) is 5.32 Å². The Morgan fingerprint density at radius 1 is 1.15 bits per heavy atom. The lowest BCUT2D eigenvalue weighted by Crippen LogP contribution is -2.05. The molecule has 1 N–H and O–H groups in total. The summed E-state index contributed by atoms with van der Waals surface area (Å²) >= 11 is 0. The van der Waals surface area contributed by atoms with Crippen LogP contribution >= 0.6 is 0 Å². The van der Waals surface area contributed by atoms with Gasteiger partial charge in [0.15, 0.2) is 0 Å². The minimum Gasteiger partial charge on any atom is -0.379 e. The maximum Gasteiger partial charge on any atom is 0.143 e. The van der Waals surface area contributed by atoms with Crippen molar-refractivity contribution in [3.63, 3.8) is 0 Å². The van der Waals surface area contributed by atoms with Crippen LogP contribution in [0.4, 0.5) is 5.69 Å². The van der Waals surface area contributed by atoms with Crippen LogP contribution in [0.5, 0.6) is 0 Å². The maximum absolute atomic E-state index is 4.29. The molecule has 0 bridgehead atoms. The third-order valence-corrected chi connectivity index (χ3v) is 2.96. The summed E-state index contributed by atoms with van der Waals surface area (Å²) in [7, 11) is 0. The molecule has 0 aliphatic rings. The van der Waals surface area contributed by atoms with E-state index in [-0.39, 0.29) is 0 Å². The number of anilines is 1. The van der Waals surface area contributed by atoms with Gasteiger partial charge in [-0.3, -0.25) is 4.98 Å². The lowest BCUT2D eigenvalue weighted by Gasteiger charge is -2.11. The zero-order valence-electron chi connectivity index (χ0n) is 11.1. The zero-order valence-corrected chi connectivity index (χ0v) is 11.1. The minimum atomic E-state index is 0.701. The molecule has 3 aromatic rings. The number of nitrogens with zero attached hydrogens (tertiary/aromatic N) is 5. The molecule has 6 nitrogen and oxygen atoms in total. The Kier molecular flexibility index (Phi) is 3.36. The molecule has 100 valence electrons. The number of hydrogen-bond donors (Lipinski definition) is 1. The second-order valence-electron chi connectivity index (χ2n) is 4.43. The van der Waals surface area contributed by atoms with Crippen LogP contribution in [0.2, 0.25) is 0 Å². The van der Waals surface area contributed by atoms with Crippen molar-refractivity contribution < 1.29 is 0 Å². The average Bonchev–Trinajstić information content (AvgIpc) is 3.01. The van der Waals surface area contributed by atoms with E-state index in [0.717, 1.165) is 22.6 Å². The van der Waals surface area contributed by atoms with Crippen molar-refractivity contribution in [3.05, 3.63) is 60.2 Å². The molecule has 0 fully saturated rings. The SMILES string of the molecule is Cc1ccc(CNc2ccccc2-n2cnnn2)cn1. The van der Waals surface area contributed by atoms with Crippen LogP contribution < -0.4 is 5.32 Å². The Morgan fingerprint density at radius 3 is 2.80 bits per heavy atom. The van der Waals surface area contributed by atoms with Gasteiger partial charge in [-0.25, -0.2) is 0 Å². The molecule has 3 rings (SSSR count). The van der Waals surface area contributed by atoms with Crippen molar-refractivity contribution in [2.24, 2.45) is 0 Å². The number of tetrazole rings is 1. The molecule has 20 heavy (non-hydrogen) atoms. The van der Waals surface area contributed by atoms with Gasteiger partial charge in [-0.15, -0.1) is 5.10 Å². The van der Waals surface area contributed by atoms with E-state index in [1.165, 1.54) is 0 Å². The van der Waals surface area contributed by atoms with Gasteiger partial charge >= 0.3 is 0 Å². The van der Waals surface area contributed by atoms with Gasteiger partial charge in [0, 0.05) is 18.4 Å². The number of aromatic nitrogens is 5. The molecular formula is C14H14N6. The van der Waals surface area contributed by atoms with Crippen LogP contribution in [0.25, 0.3) is 5.69 Å². The first-order valence-electron chi connectivity index (χ1n) is 6.31. The third-order valence-electron chi connectivity index (χ3n) is 2.96. The van der Waals surface area contributed by atoms with Crippen LogP contribution in [-0.2, 0) is 6.54 Å². The lowest BCUT2D eigenvalue weighted by molar-refractivity contribution is 0.789. The highest BCUT2D eigenvalue weighted by atomic mass is 15.5. The molecule has 0 saturated heterocycles. The molecule has 0 atom stereocenters. The molecule has 0 spiro atoms. The van der Waals surface area contributed by atoms with Crippen molar-refractivity contribution in [2.45, 2.75) is 13.5 Å². The second-order valence-corrected chi connectivity index (χ2v) is 4.43. The lowest BCUT2D eigenvalue weighted by atomic mass is 10.2. The van der Waals surface area contributed by atoms with Gasteiger partial charge in [0.2, 0.25) is 0 Å². The summed E-state index contributed by atoms with van der Waals surface area (Å²) in [6.07, 6.45) is 3.45. The maximum atomic E-state index is 4.29. The van der Waals surface area contributed by atoms with Gasteiger partial charge in [-0.2, -0.15) is 4.68 Å². The normalized spacial score (nSPS) is 10.4. The van der Waals surface area contributed by atoms with Crippen LogP contribution in [-0.4, -0.2) is 25.2 Å². The molecule has 0 aliphatic heterocycles. The zero-order chi connectivity index (χ0) is 13.8. The Balaban J connectivity index is 1.79. The highest BCUT2D eigenvalue weighted by Crippen LogP contribution is 2.19. The van der Waals surface area contributed by atoms with E-state index < -0.39 is 0 Å². The molecule has 0 unspecified atom stereocenters. The number of nitrogens with one attached hydrogen (secondary N) is 1. The van der Waals surface area contributed by atoms with Crippen molar-refractivity contribution in [1.82, 2.24) is 25.2 Å². The van der Waals surface area contributed by atoms with E-state index in [1.807, 2.05) is 43.5 Å². The Hall–Kier alpha value is -2.76. The van der Waals surface area contributed by atoms with Gasteiger partial charge in [-0.1, -0.05) is 18.2 Å². The highest BCUT2D eigenvalue weighted by molar-refractivity contribution is 5.60. The van der Waals surface area contributed by atoms with Crippen LogP contribution in [0, 0.1) is 6.92 Å². The van der Waals surface area contributed by atoms with Crippen molar-refractivity contribution >= 4 is 5.69 Å². The molecular weight excluding hydrogens is 252 g/mol. The fraction of sp³-hybridized carbons (Fsp3) is 0.143. The first-order valence-corrected chi connectivity index (χ1v) is 6.31. The number of hydrogen-bond acceptors (Lipinski definition) is 5. The van der Waals surface area contributed by atoms with Gasteiger partial charge < -0.3 is 5.32 Å². The monoisotopic (exact) mass is 266 g/mol. The highest BCUT2D eigenvalue weighted by Gasteiger charge is 2.04. The molecule has 0 saturated carbocycles. The Morgan fingerprint density at radius 2 is 2.05 bits per heavy atom. The summed E-state index contributed by atoms with van der Waals surface area (Å²) < 4.78 is 1.63. The fourth-order valence-corrected chi connectivity index (χ4v) is 1.89. The van der Waals surface area contributed by atoms with Crippen LogP contribution in [0.3, 0.4) is 0 Å². The molecule has 6 heteroatoms. The number of rotatable bonds is 4. The molecule has 0 amide bonds. The number of benzene rings is 1. The molecule has 2 aromatic heterocycles. The molecule has 1 aromatic carbocycles. The minimum absolute atomic E-state index is 0.701. The van der Waals surface area contributed by atoms with Crippen LogP contribution in [0.15, 0.2) is 48.9 Å². The summed E-state index contributed by atoms with van der Waals surface area (Å²) in [5.41, 5.74) is 4.03. The van der Waals surface area contributed by atoms with E-state index in [9.17, 15) is 0 Å². The summed E-state index contributed by atoms with van der Waals surface area (Å²) in [5.74, 6) is 0. The van der Waals surface area contributed by atoms with E-state index in [1.54, 1.807) is 11.0 Å². The smallest absolute Gasteiger partial charge is 0.143 e. The largest absolute Gasteiger partial charge is 0.379 e. The van der Waals surface area contributed by atoms with Gasteiger partial charge in [0.25, 0.3) is 0 Å². The van der Waals surface area contributed by atoms with E-state index in [2.05, 4.69) is 31.9 Å². The van der Waals surface area contributed by atoms with Gasteiger partial charge in [-0.05, 0) is 41.1 Å². The number of pyridine rings is 1. The number of aryl methyl sites for hydroxylation is 1. The molecule has 0 aliphatic carbocycles. The second kappa shape index (κ2) is 5.48. The average molecular weight is 266 g/mol. The van der Waals surface area contributed by atoms with Crippen LogP contribution in [0.1, 0.15) is 11.3 Å². The van der Waals surface area contributed by atoms with Crippen molar-refractivity contribution in [3.8, 4) is 5.69 Å². The first-order chi connectivity index (χ1) is 9.83. The van der Waals surface area contributed by atoms with Crippen molar-refractivity contribution in [1.29, 1.82) is 0 Å². The third kappa shape index (κ3) is 2.64. The van der Waals surface area contributed by atoms with E-state index in [0.29, 0.717) is 6.54 Å². The first kappa shape index (κ1) is 12.3. The number of para-hydroxylation sites is 2. The Bertz CT molecular complexity index is 675. The molecule has 0 radical (unpaired) electrons. The summed E-state index contributed by atoms with van der Waals surface area (Å²) in [6.45, 7) is 2.68.